The van der Waals surface area contributed by atoms with Gasteiger partial charge in [-0.15, -0.1) is 0 Å². The Kier molecular flexibility index (Phi) is 3.06. The molecule has 0 saturated carbocycles. The molecule has 15 heavy (non-hydrogen) atoms. The van der Waals surface area contributed by atoms with E-state index in [0.29, 0.717) is 13.2 Å². The third kappa shape index (κ3) is 2.39. The molecule has 0 aliphatic carbocycles. The number of carbonyl (C=O) groups excluding carboxylic acids is 1. The number of hydrogen-bond donors (Lipinski definition) is 0. The Labute approximate surface area is 88.8 Å². The van der Waals surface area contributed by atoms with Crippen LogP contribution in [-0.4, -0.2) is 30.6 Å². The summed E-state index contributed by atoms with van der Waals surface area (Å²) >= 11 is 0. The Hall–Kier alpha value is -1.29. The standard InChI is InChI=1S/C11H15NO3/c1-12(8-9-4-2-6-14-9)11(13)10-5-3-7-15-10/h2,4,6,10H,3,5,7-8H2,1H3/t10-/m1/s1. The van der Waals surface area contributed by atoms with Crippen molar-refractivity contribution >= 4 is 5.91 Å². The zero-order chi connectivity index (χ0) is 10.7. The Balaban J connectivity index is 1.89. The van der Waals surface area contributed by atoms with E-state index in [2.05, 4.69) is 0 Å². The zero-order valence-corrected chi connectivity index (χ0v) is 8.81. The molecule has 1 aliphatic rings. The number of nitrogens with zero attached hydrogens (tertiary/aromatic N) is 1. The van der Waals surface area contributed by atoms with Gasteiger partial charge in [0.15, 0.2) is 0 Å². The fraction of sp³-hybridized carbons (Fsp3) is 0.545. The average molecular weight is 209 g/mol. The first-order valence-electron chi connectivity index (χ1n) is 5.16. The van der Waals surface area contributed by atoms with E-state index < -0.39 is 0 Å². The summed E-state index contributed by atoms with van der Waals surface area (Å²) < 4.78 is 10.5. The van der Waals surface area contributed by atoms with Crippen molar-refractivity contribution in [1.29, 1.82) is 0 Å². The van der Waals surface area contributed by atoms with E-state index >= 15 is 0 Å². The van der Waals surface area contributed by atoms with Gasteiger partial charge in [-0.1, -0.05) is 0 Å². The molecule has 2 heterocycles. The molecule has 1 aromatic heterocycles. The van der Waals surface area contributed by atoms with E-state index in [1.807, 2.05) is 12.1 Å². The largest absolute Gasteiger partial charge is 0.467 e. The van der Waals surface area contributed by atoms with Crippen LogP contribution < -0.4 is 0 Å². The number of likely N-dealkylation sites (N-methyl/N-ethyl adjacent to an activating group) is 1. The Morgan fingerprint density at radius 3 is 3.13 bits per heavy atom. The summed E-state index contributed by atoms with van der Waals surface area (Å²) in [6, 6.07) is 3.68. The molecular formula is C11H15NO3. The van der Waals surface area contributed by atoms with Crippen LogP contribution in [0.15, 0.2) is 22.8 Å². The summed E-state index contributed by atoms with van der Waals surface area (Å²) in [6.07, 6.45) is 3.18. The lowest BCUT2D eigenvalue weighted by Crippen LogP contribution is -2.35. The van der Waals surface area contributed by atoms with Crippen molar-refractivity contribution < 1.29 is 13.9 Å². The molecule has 0 bridgehead atoms. The third-order valence-corrected chi connectivity index (χ3v) is 2.55. The molecule has 0 unspecified atom stereocenters. The summed E-state index contributed by atoms with van der Waals surface area (Å²) in [4.78, 5) is 13.5. The monoisotopic (exact) mass is 209 g/mol. The second-order valence-electron chi connectivity index (χ2n) is 3.78. The smallest absolute Gasteiger partial charge is 0.251 e. The summed E-state index contributed by atoms with van der Waals surface area (Å²) in [5.74, 6) is 0.841. The molecule has 0 radical (unpaired) electrons. The van der Waals surface area contributed by atoms with Gasteiger partial charge in [0.25, 0.3) is 5.91 Å². The minimum absolute atomic E-state index is 0.0453. The number of ether oxygens (including phenoxy) is 1. The maximum absolute atomic E-state index is 11.8. The van der Waals surface area contributed by atoms with Gasteiger partial charge in [0, 0.05) is 13.7 Å². The fourth-order valence-corrected chi connectivity index (χ4v) is 1.73. The van der Waals surface area contributed by atoms with Crippen molar-refractivity contribution in [2.45, 2.75) is 25.5 Å². The number of rotatable bonds is 3. The Bertz CT molecular complexity index is 315. The van der Waals surface area contributed by atoms with Crippen molar-refractivity contribution in [3.63, 3.8) is 0 Å². The van der Waals surface area contributed by atoms with Crippen molar-refractivity contribution in [3.8, 4) is 0 Å². The molecule has 0 spiro atoms. The highest BCUT2D eigenvalue weighted by Crippen LogP contribution is 2.15. The van der Waals surface area contributed by atoms with Gasteiger partial charge in [-0.25, -0.2) is 0 Å². The second-order valence-corrected chi connectivity index (χ2v) is 3.78. The lowest BCUT2D eigenvalue weighted by molar-refractivity contribution is -0.140. The first kappa shape index (κ1) is 10.2. The van der Waals surface area contributed by atoms with Gasteiger partial charge in [0.1, 0.15) is 11.9 Å². The lowest BCUT2D eigenvalue weighted by Gasteiger charge is -2.19. The SMILES string of the molecule is CN(Cc1ccco1)C(=O)[C@H]1CCCO1. The minimum Gasteiger partial charge on any atom is -0.467 e. The number of furan rings is 1. The van der Waals surface area contributed by atoms with Crippen LogP contribution in [0.25, 0.3) is 0 Å². The third-order valence-electron chi connectivity index (χ3n) is 2.55. The Morgan fingerprint density at radius 1 is 1.67 bits per heavy atom. The zero-order valence-electron chi connectivity index (χ0n) is 8.81. The van der Waals surface area contributed by atoms with E-state index in [1.54, 1.807) is 18.2 Å². The van der Waals surface area contributed by atoms with E-state index in [0.717, 1.165) is 18.6 Å². The fourth-order valence-electron chi connectivity index (χ4n) is 1.73. The van der Waals surface area contributed by atoms with Gasteiger partial charge in [-0.3, -0.25) is 4.79 Å². The first-order valence-corrected chi connectivity index (χ1v) is 5.16. The summed E-state index contributed by atoms with van der Waals surface area (Å²) in [7, 11) is 1.77. The lowest BCUT2D eigenvalue weighted by atomic mass is 10.2. The molecular weight excluding hydrogens is 194 g/mol. The molecule has 1 fully saturated rings. The van der Waals surface area contributed by atoms with Crippen LogP contribution >= 0.6 is 0 Å². The normalized spacial score (nSPS) is 20.5. The molecule has 1 aromatic rings. The summed E-state index contributed by atoms with van der Waals surface area (Å²) in [5, 5.41) is 0. The van der Waals surface area contributed by atoms with Crippen LogP contribution in [0.1, 0.15) is 18.6 Å². The molecule has 2 rings (SSSR count). The van der Waals surface area contributed by atoms with Gasteiger partial charge < -0.3 is 14.1 Å². The van der Waals surface area contributed by atoms with Crippen molar-refractivity contribution in [3.05, 3.63) is 24.2 Å². The molecule has 0 aromatic carbocycles. The highest BCUT2D eigenvalue weighted by molar-refractivity contribution is 5.80. The maximum Gasteiger partial charge on any atom is 0.251 e. The molecule has 1 amide bonds. The van der Waals surface area contributed by atoms with Crippen LogP contribution in [0.2, 0.25) is 0 Å². The topological polar surface area (TPSA) is 42.7 Å². The second kappa shape index (κ2) is 4.49. The molecule has 4 heteroatoms. The summed E-state index contributed by atoms with van der Waals surface area (Å²) in [6.45, 7) is 1.21. The number of carbonyl (C=O) groups is 1. The highest BCUT2D eigenvalue weighted by atomic mass is 16.5. The van der Waals surface area contributed by atoms with Crippen LogP contribution in [0.4, 0.5) is 0 Å². The van der Waals surface area contributed by atoms with E-state index in [-0.39, 0.29) is 12.0 Å². The van der Waals surface area contributed by atoms with Crippen LogP contribution in [0, 0.1) is 0 Å². The molecule has 4 nitrogen and oxygen atoms in total. The predicted octanol–water partition coefficient (Wildman–Crippen LogP) is 1.42. The molecule has 1 atom stereocenters. The van der Waals surface area contributed by atoms with Crippen molar-refractivity contribution in [1.82, 2.24) is 4.90 Å². The van der Waals surface area contributed by atoms with Crippen LogP contribution in [-0.2, 0) is 16.1 Å². The van der Waals surface area contributed by atoms with Crippen LogP contribution in [0.3, 0.4) is 0 Å². The molecule has 82 valence electrons. The minimum atomic E-state index is -0.245. The van der Waals surface area contributed by atoms with E-state index in [1.165, 1.54) is 0 Å². The molecule has 1 saturated heterocycles. The average Bonchev–Trinajstić information content (AvgIpc) is 2.88. The number of hydrogen-bond acceptors (Lipinski definition) is 3. The van der Waals surface area contributed by atoms with Gasteiger partial charge in [-0.2, -0.15) is 0 Å². The van der Waals surface area contributed by atoms with Gasteiger partial charge in [-0.05, 0) is 25.0 Å². The van der Waals surface area contributed by atoms with E-state index in [4.69, 9.17) is 9.15 Å². The summed E-state index contributed by atoms with van der Waals surface area (Å²) in [5.41, 5.74) is 0. The first-order chi connectivity index (χ1) is 7.27. The molecule has 1 aliphatic heterocycles. The predicted molar refractivity (Wildman–Crippen MR) is 54.2 cm³/mol. The van der Waals surface area contributed by atoms with Crippen molar-refractivity contribution in [2.24, 2.45) is 0 Å². The van der Waals surface area contributed by atoms with Gasteiger partial charge >= 0.3 is 0 Å². The Morgan fingerprint density at radius 2 is 2.53 bits per heavy atom. The quantitative estimate of drug-likeness (QED) is 0.756. The molecule has 0 N–H and O–H groups in total. The van der Waals surface area contributed by atoms with Crippen LogP contribution in [0.5, 0.6) is 0 Å². The van der Waals surface area contributed by atoms with E-state index in [9.17, 15) is 4.79 Å². The number of amides is 1. The van der Waals surface area contributed by atoms with Gasteiger partial charge in [0.2, 0.25) is 0 Å². The highest BCUT2D eigenvalue weighted by Gasteiger charge is 2.26. The van der Waals surface area contributed by atoms with Gasteiger partial charge in [0.05, 0.1) is 12.8 Å². The maximum atomic E-state index is 11.8. The van der Waals surface area contributed by atoms with Crippen molar-refractivity contribution in [2.75, 3.05) is 13.7 Å².